The maximum atomic E-state index is 12.8. The number of nitrogens with one attached hydrogen (secondary N) is 1. The third kappa shape index (κ3) is 5.66. The van der Waals surface area contributed by atoms with Crippen molar-refractivity contribution < 1.29 is 18.3 Å². The molecule has 2 rings (SSSR count). The Balaban J connectivity index is 2.03. The summed E-state index contributed by atoms with van der Waals surface area (Å²) in [6, 6.07) is 10.3. The van der Waals surface area contributed by atoms with Crippen LogP contribution in [0.25, 0.3) is 0 Å². The number of nitrogens with zero attached hydrogens (tertiary/aromatic N) is 1. The minimum Gasteiger partial charge on any atom is -0.380 e. The first kappa shape index (κ1) is 19.6. The van der Waals surface area contributed by atoms with E-state index >= 15 is 0 Å². The van der Waals surface area contributed by atoms with Crippen LogP contribution in [0.1, 0.15) is 25.8 Å². The van der Waals surface area contributed by atoms with Crippen molar-refractivity contribution in [3.63, 3.8) is 0 Å². The topological polar surface area (TPSA) is 60.0 Å². The van der Waals surface area contributed by atoms with Crippen molar-refractivity contribution in [3.8, 4) is 0 Å². The number of piperidine rings is 1. The van der Waals surface area contributed by atoms with Crippen molar-refractivity contribution in [1.29, 1.82) is 0 Å². The molecule has 1 saturated heterocycles. The highest BCUT2D eigenvalue weighted by molar-refractivity contribution is 7.51. The summed E-state index contributed by atoms with van der Waals surface area (Å²) in [6.07, 6.45) is 0.866. The maximum absolute atomic E-state index is 12.8. The second-order valence-corrected chi connectivity index (χ2v) is 7.62. The maximum Gasteiger partial charge on any atom is 0.405 e. The van der Waals surface area contributed by atoms with Crippen LogP contribution in [0.5, 0.6) is 0 Å². The number of ether oxygens (including phenoxy) is 1. The summed E-state index contributed by atoms with van der Waals surface area (Å²) in [5.41, 5.74) is 1.27. The van der Waals surface area contributed by atoms with Crippen molar-refractivity contribution in [1.82, 2.24) is 9.99 Å². The van der Waals surface area contributed by atoms with Gasteiger partial charge in [-0.25, -0.2) is 9.65 Å². The molecule has 24 heavy (non-hydrogen) atoms. The molecule has 0 saturated carbocycles. The summed E-state index contributed by atoms with van der Waals surface area (Å²) in [5.74, 6) is 0. The monoisotopic (exact) mass is 356 g/mol. The van der Waals surface area contributed by atoms with Gasteiger partial charge in [-0.3, -0.25) is 13.9 Å². The molecule has 1 aliphatic rings. The van der Waals surface area contributed by atoms with Gasteiger partial charge in [0.05, 0.1) is 25.4 Å². The van der Waals surface area contributed by atoms with Crippen molar-refractivity contribution in [3.05, 3.63) is 35.9 Å². The summed E-state index contributed by atoms with van der Waals surface area (Å²) in [7, 11) is -1.61. The van der Waals surface area contributed by atoms with Crippen molar-refractivity contribution in [2.75, 3.05) is 33.4 Å². The second kappa shape index (κ2) is 9.66. The van der Waals surface area contributed by atoms with Gasteiger partial charge in [-0.15, -0.1) is 0 Å². The van der Waals surface area contributed by atoms with Crippen LogP contribution >= 0.6 is 7.75 Å². The Bertz CT molecular complexity index is 519. The molecular weight excluding hydrogens is 327 g/mol. The van der Waals surface area contributed by atoms with Crippen LogP contribution in [0.3, 0.4) is 0 Å². The van der Waals surface area contributed by atoms with E-state index in [2.05, 4.69) is 22.1 Å². The van der Waals surface area contributed by atoms with Gasteiger partial charge in [-0.05, 0) is 25.8 Å². The molecule has 0 spiro atoms. The quantitative estimate of drug-likeness (QED) is 0.686. The van der Waals surface area contributed by atoms with E-state index in [1.54, 1.807) is 7.11 Å². The third-order valence-corrected chi connectivity index (χ3v) is 5.95. The van der Waals surface area contributed by atoms with Crippen molar-refractivity contribution >= 4 is 7.75 Å². The lowest BCUT2D eigenvalue weighted by atomic mass is 10.0. The first-order valence-electron chi connectivity index (χ1n) is 8.56. The number of likely N-dealkylation sites (tertiary alicyclic amines) is 1. The van der Waals surface area contributed by atoms with Crippen LogP contribution in [-0.4, -0.2) is 50.5 Å². The highest BCUT2D eigenvalue weighted by atomic mass is 31.2. The largest absolute Gasteiger partial charge is 0.405 e. The Labute approximate surface area is 145 Å². The molecule has 1 aromatic carbocycles. The second-order valence-electron chi connectivity index (χ2n) is 5.85. The lowest BCUT2D eigenvalue weighted by Gasteiger charge is -2.39. The number of rotatable bonds is 9. The van der Waals surface area contributed by atoms with E-state index in [9.17, 15) is 4.57 Å². The number of benzene rings is 1. The minimum absolute atomic E-state index is 0.00809. The van der Waals surface area contributed by atoms with Crippen LogP contribution < -0.4 is 5.09 Å². The molecule has 0 amide bonds. The molecule has 0 bridgehead atoms. The van der Waals surface area contributed by atoms with E-state index in [-0.39, 0.29) is 12.1 Å². The summed E-state index contributed by atoms with van der Waals surface area (Å²) < 4.78 is 29.1. The van der Waals surface area contributed by atoms with Crippen LogP contribution in [0, 0.1) is 0 Å². The Morgan fingerprint density at radius 1 is 1.21 bits per heavy atom. The molecular formula is C17H29N2O4P. The molecule has 1 aliphatic heterocycles. The third-order valence-electron chi connectivity index (χ3n) is 4.11. The fourth-order valence-electron chi connectivity index (χ4n) is 3.04. The average Bonchev–Trinajstić information content (AvgIpc) is 2.56. The molecule has 2 atom stereocenters. The van der Waals surface area contributed by atoms with Crippen molar-refractivity contribution in [2.45, 2.75) is 39.0 Å². The molecule has 0 unspecified atom stereocenters. The molecule has 1 fully saturated rings. The number of hydrogen-bond acceptors (Lipinski definition) is 5. The predicted molar refractivity (Wildman–Crippen MR) is 94.9 cm³/mol. The molecule has 6 nitrogen and oxygen atoms in total. The van der Waals surface area contributed by atoms with Gasteiger partial charge in [0.15, 0.2) is 0 Å². The van der Waals surface area contributed by atoms with E-state index in [1.165, 1.54) is 5.56 Å². The van der Waals surface area contributed by atoms with Crippen LogP contribution in [0.2, 0.25) is 0 Å². The Morgan fingerprint density at radius 2 is 1.88 bits per heavy atom. The fourth-order valence-corrected chi connectivity index (χ4v) is 4.60. The lowest BCUT2D eigenvalue weighted by molar-refractivity contribution is 0.0135. The first-order valence-corrected chi connectivity index (χ1v) is 10.1. The molecule has 0 aromatic heterocycles. The van der Waals surface area contributed by atoms with Gasteiger partial charge in [0.25, 0.3) is 0 Å². The summed E-state index contributed by atoms with van der Waals surface area (Å²) >= 11 is 0. The zero-order valence-corrected chi connectivity index (χ0v) is 15.7. The van der Waals surface area contributed by atoms with Gasteiger partial charge in [0.2, 0.25) is 0 Å². The summed E-state index contributed by atoms with van der Waals surface area (Å²) in [6.45, 7) is 6.83. The van der Waals surface area contributed by atoms with Gasteiger partial charge in [0.1, 0.15) is 0 Å². The zero-order chi connectivity index (χ0) is 17.4. The van der Waals surface area contributed by atoms with E-state index in [0.717, 1.165) is 26.1 Å². The molecule has 7 heteroatoms. The van der Waals surface area contributed by atoms with E-state index in [1.807, 2.05) is 32.0 Å². The van der Waals surface area contributed by atoms with Gasteiger partial charge in [-0.2, -0.15) is 0 Å². The van der Waals surface area contributed by atoms with Gasteiger partial charge >= 0.3 is 7.75 Å². The van der Waals surface area contributed by atoms with Crippen LogP contribution in [0.15, 0.2) is 30.3 Å². The fraction of sp³-hybridized carbons (Fsp3) is 0.647. The lowest BCUT2D eigenvalue weighted by Crippen LogP contribution is -2.53. The standard InChI is InChI=1S/C17H29N2O4P/c1-4-22-24(20,23-5-2)18-16-14-19(12-11-17(16)21-3)13-15-9-7-6-8-10-15/h6-10,16-17H,4-5,11-14H2,1-3H3,(H,18,20)/t16-,17-/m0/s1. The molecule has 0 aliphatic carbocycles. The van der Waals surface area contributed by atoms with Crippen LogP contribution in [0.4, 0.5) is 0 Å². The Kier molecular flexibility index (Phi) is 7.88. The van der Waals surface area contributed by atoms with Gasteiger partial charge in [0, 0.05) is 26.7 Å². The average molecular weight is 356 g/mol. The molecule has 0 radical (unpaired) electrons. The van der Waals surface area contributed by atoms with E-state index in [4.69, 9.17) is 13.8 Å². The molecule has 1 aromatic rings. The van der Waals surface area contributed by atoms with Gasteiger partial charge in [-0.1, -0.05) is 30.3 Å². The SMILES string of the molecule is CCOP(=O)(N[C@H]1CN(Cc2ccccc2)CC[C@@H]1OC)OCC. The number of methoxy groups -OCH3 is 1. The van der Waals surface area contributed by atoms with Crippen molar-refractivity contribution in [2.24, 2.45) is 0 Å². The van der Waals surface area contributed by atoms with Crippen LogP contribution in [-0.2, 0) is 24.9 Å². The molecule has 1 N–H and O–H groups in total. The van der Waals surface area contributed by atoms with Gasteiger partial charge < -0.3 is 4.74 Å². The Morgan fingerprint density at radius 3 is 2.46 bits per heavy atom. The highest BCUT2D eigenvalue weighted by Gasteiger charge is 2.36. The van der Waals surface area contributed by atoms with E-state index in [0.29, 0.717) is 13.2 Å². The zero-order valence-electron chi connectivity index (χ0n) is 14.8. The molecule has 136 valence electrons. The summed E-state index contributed by atoms with van der Waals surface area (Å²) in [5, 5.41) is 3.10. The Hall–Kier alpha value is -0.750. The predicted octanol–water partition coefficient (Wildman–Crippen LogP) is 3.05. The molecule has 1 heterocycles. The normalized spacial score (nSPS) is 22.6. The summed E-state index contributed by atoms with van der Waals surface area (Å²) in [4.78, 5) is 2.34. The smallest absolute Gasteiger partial charge is 0.380 e. The number of hydrogen-bond donors (Lipinski definition) is 1. The first-order chi connectivity index (χ1) is 11.6. The highest BCUT2D eigenvalue weighted by Crippen LogP contribution is 2.44. The van der Waals surface area contributed by atoms with E-state index < -0.39 is 7.75 Å². The minimum atomic E-state index is -3.30.